The summed E-state index contributed by atoms with van der Waals surface area (Å²) >= 11 is 7.53. The lowest BCUT2D eigenvalue weighted by Crippen LogP contribution is -2.27. The van der Waals surface area contributed by atoms with Crippen LogP contribution in [0.1, 0.15) is 6.92 Å². The minimum atomic E-state index is -3.49. The summed E-state index contributed by atoms with van der Waals surface area (Å²) in [7, 11) is -3.49. The monoisotopic (exact) mass is 409 g/mol. The zero-order valence-electron chi connectivity index (χ0n) is 14.1. The van der Waals surface area contributed by atoms with Crippen molar-refractivity contribution in [1.29, 1.82) is 0 Å². The zero-order chi connectivity index (χ0) is 18.9. The van der Waals surface area contributed by atoms with E-state index in [1.54, 1.807) is 19.1 Å². The third-order valence-electron chi connectivity index (χ3n) is 3.86. The number of rotatable bonds is 5. The minimum absolute atomic E-state index is 0.0642. The van der Waals surface area contributed by atoms with E-state index in [1.807, 2.05) is 12.3 Å². The Morgan fingerprint density at radius 1 is 1.23 bits per heavy atom. The minimum Gasteiger partial charge on any atom is -0.289 e. The molecule has 0 spiro atoms. The number of benzene rings is 2. The number of nitrogens with zero attached hydrogens (tertiary/aromatic N) is 2. The van der Waals surface area contributed by atoms with Gasteiger partial charge < -0.3 is 0 Å². The number of aromatic nitrogens is 2. The summed E-state index contributed by atoms with van der Waals surface area (Å²) in [5.74, 6) is -0.0642. The molecule has 26 heavy (non-hydrogen) atoms. The summed E-state index contributed by atoms with van der Waals surface area (Å²) in [6, 6.07) is 9.82. The van der Waals surface area contributed by atoms with E-state index in [9.17, 15) is 13.2 Å². The molecule has 0 saturated heterocycles. The molecule has 1 heterocycles. The van der Waals surface area contributed by atoms with Gasteiger partial charge in [-0.3, -0.25) is 10.2 Å². The molecule has 0 bridgehead atoms. The van der Waals surface area contributed by atoms with E-state index in [0.29, 0.717) is 15.9 Å². The molecule has 136 valence electrons. The van der Waals surface area contributed by atoms with Gasteiger partial charge in [0.1, 0.15) is 6.33 Å². The smallest absolute Gasteiger partial charge is 0.280 e. The van der Waals surface area contributed by atoms with Crippen molar-refractivity contribution >= 4 is 49.8 Å². The van der Waals surface area contributed by atoms with Gasteiger partial charge in [0.2, 0.25) is 0 Å². The molecular formula is C17H16ClN3O3S2. The fourth-order valence-corrected chi connectivity index (χ4v) is 4.09. The molecule has 6 nitrogen and oxygen atoms in total. The standard InChI is InChI=1S/C17H16ClN3O3S2/c1-3-26(23,24)16-7-4-11(18)8-15(16)20-21-10-19-14-6-5-12(25-2)9-13(14)17(21)22/h4-10,20H,3H2,1-2H3. The Morgan fingerprint density at radius 3 is 2.69 bits per heavy atom. The third kappa shape index (κ3) is 3.58. The highest BCUT2D eigenvalue weighted by Crippen LogP contribution is 2.26. The lowest BCUT2D eigenvalue weighted by Gasteiger charge is -2.14. The fourth-order valence-electron chi connectivity index (χ4n) is 2.45. The van der Waals surface area contributed by atoms with Crippen molar-refractivity contribution in [2.45, 2.75) is 16.7 Å². The average molecular weight is 410 g/mol. The van der Waals surface area contributed by atoms with Crippen molar-refractivity contribution in [3.8, 4) is 0 Å². The summed E-state index contributed by atoms with van der Waals surface area (Å²) in [4.78, 5) is 18.1. The highest BCUT2D eigenvalue weighted by molar-refractivity contribution is 7.98. The second-order valence-corrected chi connectivity index (χ2v) is 9.02. The van der Waals surface area contributed by atoms with Crippen LogP contribution in [0.15, 0.2) is 57.3 Å². The summed E-state index contributed by atoms with van der Waals surface area (Å²) in [6.07, 6.45) is 3.24. The quantitative estimate of drug-likeness (QED) is 0.650. The van der Waals surface area contributed by atoms with E-state index in [-0.39, 0.29) is 21.9 Å². The molecule has 0 radical (unpaired) electrons. The van der Waals surface area contributed by atoms with E-state index in [2.05, 4.69) is 10.4 Å². The molecule has 0 amide bonds. The van der Waals surface area contributed by atoms with Gasteiger partial charge in [-0.25, -0.2) is 18.1 Å². The van der Waals surface area contributed by atoms with E-state index < -0.39 is 9.84 Å². The topological polar surface area (TPSA) is 81.1 Å². The normalized spacial score (nSPS) is 11.7. The van der Waals surface area contributed by atoms with Gasteiger partial charge in [-0.1, -0.05) is 18.5 Å². The van der Waals surface area contributed by atoms with Gasteiger partial charge in [0.15, 0.2) is 9.84 Å². The van der Waals surface area contributed by atoms with Crippen LogP contribution < -0.4 is 11.0 Å². The number of hydrogen-bond donors (Lipinski definition) is 1. The van der Waals surface area contributed by atoms with Crippen LogP contribution in [-0.2, 0) is 9.84 Å². The average Bonchev–Trinajstić information content (AvgIpc) is 2.63. The number of hydrogen-bond acceptors (Lipinski definition) is 6. The van der Waals surface area contributed by atoms with Crippen molar-refractivity contribution in [2.24, 2.45) is 0 Å². The molecule has 0 fully saturated rings. The Balaban J connectivity index is 2.14. The number of fused-ring (bicyclic) bond motifs is 1. The number of thioether (sulfide) groups is 1. The van der Waals surface area contributed by atoms with Crippen LogP contribution >= 0.6 is 23.4 Å². The number of sulfone groups is 1. The van der Waals surface area contributed by atoms with E-state index in [0.717, 1.165) is 9.57 Å². The highest BCUT2D eigenvalue weighted by Gasteiger charge is 2.18. The van der Waals surface area contributed by atoms with Crippen LogP contribution in [0.2, 0.25) is 5.02 Å². The summed E-state index contributed by atoms with van der Waals surface area (Å²) < 4.78 is 25.8. The van der Waals surface area contributed by atoms with Crippen LogP contribution in [0.25, 0.3) is 10.9 Å². The highest BCUT2D eigenvalue weighted by atomic mass is 35.5. The second-order valence-electron chi connectivity index (χ2n) is 5.46. The van der Waals surface area contributed by atoms with Gasteiger partial charge in [0, 0.05) is 9.92 Å². The zero-order valence-corrected chi connectivity index (χ0v) is 16.5. The molecule has 3 aromatic rings. The number of anilines is 1. The fraction of sp³-hybridized carbons (Fsp3) is 0.176. The maximum absolute atomic E-state index is 12.8. The Hall–Kier alpha value is -2.03. The summed E-state index contributed by atoms with van der Waals surface area (Å²) in [5, 5.41) is 0.794. The molecule has 1 N–H and O–H groups in total. The molecule has 0 atom stereocenters. The van der Waals surface area contributed by atoms with Crippen molar-refractivity contribution < 1.29 is 8.42 Å². The summed E-state index contributed by atoms with van der Waals surface area (Å²) in [5.41, 5.74) is 3.29. The van der Waals surface area contributed by atoms with Crippen molar-refractivity contribution in [2.75, 3.05) is 17.4 Å². The molecule has 2 aromatic carbocycles. The maximum Gasteiger partial charge on any atom is 0.280 e. The predicted molar refractivity (Wildman–Crippen MR) is 106 cm³/mol. The van der Waals surface area contributed by atoms with E-state index in [4.69, 9.17) is 11.6 Å². The van der Waals surface area contributed by atoms with Crippen molar-refractivity contribution in [3.05, 3.63) is 58.1 Å². The molecule has 0 saturated carbocycles. The maximum atomic E-state index is 12.8. The first-order chi connectivity index (χ1) is 12.4. The number of halogens is 1. The predicted octanol–water partition coefficient (Wildman–Crippen LogP) is 3.44. The first kappa shape index (κ1) is 18.8. The lowest BCUT2D eigenvalue weighted by atomic mass is 10.2. The van der Waals surface area contributed by atoms with Crippen LogP contribution in [0.4, 0.5) is 5.69 Å². The van der Waals surface area contributed by atoms with Crippen LogP contribution in [0.3, 0.4) is 0 Å². The Bertz CT molecular complexity index is 1140. The first-order valence-corrected chi connectivity index (χ1v) is 11.0. The number of nitrogens with one attached hydrogen (secondary N) is 1. The molecule has 0 unspecified atom stereocenters. The van der Waals surface area contributed by atoms with Gasteiger partial charge in [-0.05, 0) is 42.7 Å². The molecule has 9 heteroatoms. The molecule has 3 rings (SSSR count). The lowest BCUT2D eigenvalue weighted by molar-refractivity contribution is 0.597. The van der Waals surface area contributed by atoms with E-state index in [1.165, 1.54) is 36.3 Å². The van der Waals surface area contributed by atoms with Gasteiger partial charge >= 0.3 is 0 Å². The van der Waals surface area contributed by atoms with Crippen LogP contribution in [0, 0.1) is 0 Å². The van der Waals surface area contributed by atoms with Crippen molar-refractivity contribution in [1.82, 2.24) is 9.66 Å². The Kier molecular flexibility index (Phi) is 5.27. The van der Waals surface area contributed by atoms with E-state index >= 15 is 0 Å². The largest absolute Gasteiger partial charge is 0.289 e. The molecular weight excluding hydrogens is 394 g/mol. The molecule has 0 aliphatic heterocycles. The SMILES string of the molecule is CCS(=O)(=O)c1ccc(Cl)cc1Nn1cnc2ccc(SC)cc2c1=O. The Labute approximate surface area is 160 Å². The third-order valence-corrected chi connectivity index (χ3v) is 6.61. The van der Waals surface area contributed by atoms with Gasteiger partial charge in [0.05, 0.1) is 27.2 Å². The van der Waals surface area contributed by atoms with Crippen LogP contribution in [-0.4, -0.2) is 30.1 Å². The first-order valence-electron chi connectivity index (χ1n) is 7.70. The molecule has 0 aliphatic rings. The Morgan fingerprint density at radius 2 is 2.00 bits per heavy atom. The van der Waals surface area contributed by atoms with Gasteiger partial charge in [0.25, 0.3) is 5.56 Å². The second kappa shape index (κ2) is 7.30. The molecule has 1 aromatic heterocycles. The molecule has 0 aliphatic carbocycles. The van der Waals surface area contributed by atoms with Crippen LogP contribution in [0.5, 0.6) is 0 Å². The van der Waals surface area contributed by atoms with Crippen molar-refractivity contribution in [3.63, 3.8) is 0 Å². The van der Waals surface area contributed by atoms with Gasteiger partial charge in [-0.2, -0.15) is 0 Å². The summed E-state index contributed by atoms with van der Waals surface area (Å²) in [6.45, 7) is 1.56. The van der Waals surface area contributed by atoms with Gasteiger partial charge in [-0.15, -0.1) is 11.8 Å².